The molecule has 2 rings (SSSR count). The van der Waals surface area contributed by atoms with E-state index in [4.69, 9.17) is 0 Å². The molecule has 0 nitrogen and oxygen atoms in total. The summed E-state index contributed by atoms with van der Waals surface area (Å²) in [6.45, 7) is 21.0. The Balaban J connectivity index is 2.62. The van der Waals surface area contributed by atoms with E-state index in [0.717, 1.165) is 6.42 Å². The summed E-state index contributed by atoms with van der Waals surface area (Å²) in [5.74, 6) is 1.36. The molecule has 0 aromatic carbocycles. The topological polar surface area (TPSA) is 0 Å². The van der Waals surface area contributed by atoms with Crippen LogP contribution < -0.4 is 0 Å². The quantitative estimate of drug-likeness (QED) is 0.577. The molecule has 2 aliphatic rings. The van der Waals surface area contributed by atoms with Crippen molar-refractivity contribution in [2.75, 3.05) is 0 Å². The van der Waals surface area contributed by atoms with Crippen LogP contribution in [0.15, 0.2) is 40.5 Å². The Bertz CT molecular complexity index is 618. The van der Waals surface area contributed by atoms with Gasteiger partial charge in [-0.1, -0.05) is 0 Å². The van der Waals surface area contributed by atoms with Crippen LogP contribution in [0.4, 0.5) is 0 Å². The Morgan fingerprint density at radius 3 is 1.95 bits per heavy atom. The first-order chi connectivity index (χ1) is 10.2. The van der Waals surface area contributed by atoms with Crippen LogP contribution in [0.3, 0.4) is 0 Å². The third kappa shape index (κ3) is 2.69. The molecule has 0 aliphatic heterocycles. The predicted octanol–water partition coefficient (Wildman–Crippen LogP) is 5.19. The first kappa shape index (κ1) is 18.4. The molecule has 22 heavy (non-hydrogen) atoms. The van der Waals surface area contributed by atoms with Crippen molar-refractivity contribution in [2.45, 2.75) is 59.0 Å². The molecule has 0 amide bonds. The molecule has 1 radical (unpaired) electrons. The van der Waals surface area contributed by atoms with Crippen molar-refractivity contribution in [3.8, 4) is 0 Å². The van der Waals surface area contributed by atoms with E-state index in [1.54, 1.807) is 22.3 Å². The molecule has 0 saturated carbocycles. The summed E-state index contributed by atoms with van der Waals surface area (Å²) >= 11 is -2.44. The molecule has 0 heterocycles. The Labute approximate surface area is 144 Å². The first-order valence-corrected chi connectivity index (χ1v) is 21.3. The predicted molar refractivity (Wildman–Crippen MR) is 101 cm³/mol. The molecule has 0 aromatic rings. The summed E-state index contributed by atoms with van der Waals surface area (Å²) < 4.78 is 5.24. The van der Waals surface area contributed by atoms with Gasteiger partial charge in [0.25, 0.3) is 0 Å². The van der Waals surface area contributed by atoms with Crippen molar-refractivity contribution in [2.24, 2.45) is 11.8 Å². The number of hydrogen-bond donors (Lipinski definition) is 0. The summed E-state index contributed by atoms with van der Waals surface area (Å²) in [7, 11) is 1.38. The normalized spacial score (nSPS) is 28.8. The van der Waals surface area contributed by atoms with Crippen LogP contribution in [-0.4, -0.2) is 7.37 Å². The van der Waals surface area contributed by atoms with Crippen molar-refractivity contribution in [3.63, 3.8) is 0 Å². The van der Waals surface area contributed by atoms with E-state index < -0.39 is 19.4 Å². The molecule has 0 bridgehead atoms. The second-order valence-electron chi connectivity index (χ2n) is 7.68. The van der Waals surface area contributed by atoms with Gasteiger partial charge in [0.1, 0.15) is 0 Å². The van der Waals surface area contributed by atoms with Crippen molar-refractivity contribution in [1.29, 1.82) is 0 Å². The van der Waals surface area contributed by atoms with Crippen molar-refractivity contribution >= 4 is 7.37 Å². The fraction of sp³-hybridized carbons (Fsp3) is 0.550. The third-order valence-corrected chi connectivity index (χ3v) is 29.0. The zero-order chi connectivity index (χ0) is 16.8. The SMILES string of the molecule is [CH2]C[CH2][Zr]([SiH3])([C]1=C(C)C(C)=CC1C)[C]1=C(C)C(C)=C(C)C1C. The maximum atomic E-state index is 4.27. The molecule has 2 aliphatic carbocycles. The summed E-state index contributed by atoms with van der Waals surface area (Å²) in [5, 5.41) is 0. The Kier molecular flexibility index (Phi) is 5.45. The molecule has 3 atom stereocenters. The Morgan fingerprint density at radius 1 is 1.00 bits per heavy atom. The van der Waals surface area contributed by atoms with Gasteiger partial charge in [0.2, 0.25) is 0 Å². The van der Waals surface area contributed by atoms with Gasteiger partial charge in [-0.2, -0.15) is 0 Å². The van der Waals surface area contributed by atoms with Crippen LogP contribution >= 0.6 is 0 Å². The second kappa shape index (κ2) is 6.52. The maximum absolute atomic E-state index is 4.27. The van der Waals surface area contributed by atoms with Gasteiger partial charge in [0, 0.05) is 0 Å². The number of rotatable bonds is 4. The van der Waals surface area contributed by atoms with E-state index in [0.29, 0.717) is 11.8 Å². The van der Waals surface area contributed by atoms with Gasteiger partial charge in [0.15, 0.2) is 0 Å². The van der Waals surface area contributed by atoms with Gasteiger partial charge >= 0.3 is 145 Å². The fourth-order valence-electron chi connectivity index (χ4n) is 5.08. The van der Waals surface area contributed by atoms with Crippen molar-refractivity contribution in [1.82, 2.24) is 0 Å². The molecule has 3 unspecified atom stereocenters. The summed E-state index contributed by atoms with van der Waals surface area (Å²) in [6, 6.07) is 0. The van der Waals surface area contributed by atoms with Gasteiger partial charge in [-0.3, -0.25) is 0 Å². The van der Waals surface area contributed by atoms with Crippen LogP contribution in [0, 0.1) is 18.8 Å². The van der Waals surface area contributed by atoms with Gasteiger partial charge in [-0.15, -0.1) is 0 Å². The van der Waals surface area contributed by atoms with Crippen LogP contribution in [-0.2, 0) is 19.4 Å². The molecule has 0 fully saturated rings. The summed E-state index contributed by atoms with van der Waals surface area (Å²) in [6.07, 6.45) is 3.63. The Hall–Kier alpha value is 0.0600. The summed E-state index contributed by atoms with van der Waals surface area (Å²) in [4.78, 5) is 0. The minimum atomic E-state index is -2.44. The van der Waals surface area contributed by atoms with E-state index in [1.807, 2.05) is 6.56 Å². The molecular formula is C20H33SiZr. The minimum absolute atomic E-state index is 0.675. The molecular weight excluding hydrogens is 360 g/mol. The average molecular weight is 393 g/mol. The fourth-order valence-corrected chi connectivity index (χ4v) is 31.2. The average Bonchev–Trinajstić information content (AvgIpc) is 2.80. The molecule has 0 saturated heterocycles. The van der Waals surface area contributed by atoms with E-state index in [9.17, 15) is 0 Å². The van der Waals surface area contributed by atoms with E-state index in [2.05, 4.69) is 61.5 Å². The van der Waals surface area contributed by atoms with Crippen molar-refractivity contribution in [3.05, 3.63) is 47.4 Å². The van der Waals surface area contributed by atoms with E-state index in [1.165, 1.54) is 17.1 Å². The molecule has 0 N–H and O–H groups in total. The van der Waals surface area contributed by atoms with Crippen LogP contribution in [0.1, 0.15) is 54.9 Å². The van der Waals surface area contributed by atoms with E-state index >= 15 is 0 Å². The van der Waals surface area contributed by atoms with Gasteiger partial charge < -0.3 is 0 Å². The van der Waals surface area contributed by atoms with Gasteiger partial charge in [-0.25, -0.2) is 0 Å². The summed E-state index contributed by atoms with van der Waals surface area (Å²) in [5.41, 5.74) is 8.04. The van der Waals surface area contributed by atoms with E-state index in [-0.39, 0.29) is 0 Å². The Morgan fingerprint density at radius 2 is 1.59 bits per heavy atom. The standard InChI is InChI=1S/C9H13.C8H11.C3H6.H3Si.Zr/c1-6-5-7(2)9(4)8(6)3;1-6-4-7(2)8(3)5-6;1-3-2;;/h6H,1-4H3;4,6H,1-3H3;1-3H2;1H3;. The number of allylic oxidation sites excluding steroid dienone is 8. The zero-order valence-corrected chi connectivity index (χ0v) is 20.3. The van der Waals surface area contributed by atoms with Crippen LogP contribution in [0.2, 0.25) is 4.13 Å². The molecule has 121 valence electrons. The zero-order valence-electron chi connectivity index (χ0n) is 15.9. The first-order valence-electron chi connectivity index (χ1n) is 8.75. The molecule has 0 spiro atoms. The molecule has 2 heteroatoms. The third-order valence-electron chi connectivity index (χ3n) is 6.46. The molecule has 0 aromatic heterocycles. The number of hydrogen-bond acceptors (Lipinski definition) is 0. The van der Waals surface area contributed by atoms with Crippen molar-refractivity contribution < 1.29 is 19.4 Å². The second-order valence-corrected chi connectivity index (χ2v) is 28.2. The van der Waals surface area contributed by atoms with Gasteiger partial charge in [-0.05, 0) is 0 Å². The van der Waals surface area contributed by atoms with Gasteiger partial charge in [0.05, 0.1) is 0 Å². The van der Waals surface area contributed by atoms with Crippen LogP contribution in [0.5, 0.6) is 0 Å². The van der Waals surface area contributed by atoms with Crippen LogP contribution in [0.25, 0.3) is 0 Å². The monoisotopic (exact) mass is 391 g/mol.